The van der Waals surface area contributed by atoms with Gasteiger partial charge in [-0.05, 0) is 29.7 Å². The van der Waals surface area contributed by atoms with E-state index in [0.717, 1.165) is 24.1 Å². The lowest BCUT2D eigenvalue weighted by atomic mass is 10.0. The second-order valence-corrected chi connectivity index (χ2v) is 7.03. The second kappa shape index (κ2) is 9.38. The number of halogens is 3. The molecule has 3 rings (SSSR count). The van der Waals surface area contributed by atoms with Gasteiger partial charge < -0.3 is 9.47 Å². The number of benzene rings is 2. The van der Waals surface area contributed by atoms with Crippen molar-refractivity contribution in [1.82, 2.24) is 0 Å². The summed E-state index contributed by atoms with van der Waals surface area (Å²) in [6.07, 6.45) is 4.33. The molecule has 1 aliphatic rings. The summed E-state index contributed by atoms with van der Waals surface area (Å²) in [6, 6.07) is 9.49. The predicted octanol–water partition coefficient (Wildman–Crippen LogP) is 6.34. The molecular formula is C22H25F3O2. The molecule has 0 saturated carbocycles. The lowest BCUT2D eigenvalue weighted by molar-refractivity contribution is -0.206. The van der Waals surface area contributed by atoms with E-state index in [0.29, 0.717) is 30.3 Å². The summed E-state index contributed by atoms with van der Waals surface area (Å²) in [5.74, 6) is -1.30. The van der Waals surface area contributed by atoms with E-state index in [1.807, 2.05) is 12.1 Å². The van der Waals surface area contributed by atoms with Gasteiger partial charge in [-0.2, -0.15) is 0 Å². The van der Waals surface area contributed by atoms with Crippen LogP contribution in [-0.4, -0.2) is 13.2 Å². The number of rotatable bonds is 7. The van der Waals surface area contributed by atoms with E-state index in [9.17, 15) is 13.2 Å². The third-order valence-electron chi connectivity index (χ3n) is 4.97. The van der Waals surface area contributed by atoms with Crippen molar-refractivity contribution in [2.24, 2.45) is 5.92 Å². The van der Waals surface area contributed by atoms with Crippen LogP contribution in [0.5, 0.6) is 0 Å². The third-order valence-corrected chi connectivity index (χ3v) is 4.97. The normalized spacial score (nSPS) is 20.0. The Balaban J connectivity index is 1.63. The molecule has 0 radical (unpaired) electrons. The Morgan fingerprint density at radius 2 is 1.56 bits per heavy atom. The highest BCUT2D eigenvalue weighted by atomic mass is 19.1. The van der Waals surface area contributed by atoms with Crippen LogP contribution >= 0.6 is 0 Å². The summed E-state index contributed by atoms with van der Waals surface area (Å²) < 4.78 is 51.9. The van der Waals surface area contributed by atoms with Gasteiger partial charge in [0.15, 0.2) is 6.29 Å². The van der Waals surface area contributed by atoms with E-state index in [4.69, 9.17) is 9.47 Å². The van der Waals surface area contributed by atoms with Crippen molar-refractivity contribution >= 4 is 0 Å². The first-order valence-electron chi connectivity index (χ1n) is 9.49. The fourth-order valence-electron chi connectivity index (χ4n) is 3.32. The molecule has 1 saturated heterocycles. The van der Waals surface area contributed by atoms with Crippen LogP contribution in [0.1, 0.15) is 50.0 Å². The van der Waals surface area contributed by atoms with Crippen molar-refractivity contribution in [2.75, 3.05) is 13.2 Å². The first-order chi connectivity index (χ1) is 13.1. The van der Waals surface area contributed by atoms with Crippen LogP contribution in [0.25, 0.3) is 11.1 Å². The van der Waals surface area contributed by atoms with Gasteiger partial charge in [0.1, 0.15) is 18.3 Å². The smallest absolute Gasteiger partial charge is 0.183 e. The van der Waals surface area contributed by atoms with E-state index in [-0.39, 0.29) is 0 Å². The fraction of sp³-hybridized carbons (Fsp3) is 0.455. The van der Waals surface area contributed by atoms with Crippen molar-refractivity contribution in [3.8, 4) is 11.1 Å². The van der Waals surface area contributed by atoms with Gasteiger partial charge in [0.05, 0.1) is 18.8 Å². The minimum atomic E-state index is -1.16. The number of hydrogen-bond acceptors (Lipinski definition) is 2. The summed E-state index contributed by atoms with van der Waals surface area (Å²) in [5.41, 5.74) is 1.35. The van der Waals surface area contributed by atoms with E-state index in [1.165, 1.54) is 19.3 Å². The van der Waals surface area contributed by atoms with Crippen molar-refractivity contribution in [2.45, 2.75) is 45.6 Å². The minimum absolute atomic E-state index is 0.371. The maximum Gasteiger partial charge on any atom is 0.183 e. The summed E-state index contributed by atoms with van der Waals surface area (Å²) >= 11 is 0. The average molecular weight is 378 g/mol. The SMILES string of the molecule is CCCCCC1COC(c2ccc(-c3cc(F)c(CF)c(F)c3)cc2)OC1. The minimum Gasteiger partial charge on any atom is -0.348 e. The molecule has 2 aromatic carbocycles. The lowest BCUT2D eigenvalue weighted by Crippen LogP contribution is -2.27. The van der Waals surface area contributed by atoms with Crippen LogP contribution in [-0.2, 0) is 16.1 Å². The first-order valence-corrected chi connectivity index (χ1v) is 9.49. The highest BCUT2D eigenvalue weighted by molar-refractivity contribution is 5.64. The molecule has 0 bridgehead atoms. The highest BCUT2D eigenvalue weighted by Crippen LogP contribution is 2.30. The maximum absolute atomic E-state index is 13.8. The van der Waals surface area contributed by atoms with E-state index in [2.05, 4.69) is 6.92 Å². The first kappa shape index (κ1) is 19.9. The fourth-order valence-corrected chi connectivity index (χ4v) is 3.32. The van der Waals surface area contributed by atoms with E-state index < -0.39 is 30.2 Å². The molecule has 146 valence electrons. The molecule has 1 fully saturated rings. The van der Waals surface area contributed by atoms with Crippen LogP contribution in [0.4, 0.5) is 13.2 Å². The summed E-state index contributed by atoms with van der Waals surface area (Å²) in [6.45, 7) is 2.38. The van der Waals surface area contributed by atoms with Crippen LogP contribution in [0.2, 0.25) is 0 Å². The van der Waals surface area contributed by atoms with Crippen molar-refractivity contribution < 1.29 is 22.6 Å². The molecule has 0 aliphatic carbocycles. The second-order valence-electron chi connectivity index (χ2n) is 7.03. The zero-order valence-corrected chi connectivity index (χ0v) is 15.5. The molecule has 0 atom stereocenters. The zero-order valence-electron chi connectivity index (χ0n) is 15.5. The molecule has 1 heterocycles. The molecule has 27 heavy (non-hydrogen) atoms. The Morgan fingerprint density at radius 3 is 2.11 bits per heavy atom. The molecular weight excluding hydrogens is 353 g/mol. The zero-order chi connectivity index (χ0) is 19.2. The van der Waals surface area contributed by atoms with Crippen molar-refractivity contribution in [3.05, 3.63) is 59.2 Å². The van der Waals surface area contributed by atoms with Crippen molar-refractivity contribution in [3.63, 3.8) is 0 Å². The molecule has 0 unspecified atom stereocenters. The van der Waals surface area contributed by atoms with Crippen molar-refractivity contribution in [1.29, 1.82) is 0 Å². The quantitative estimate of drug-likeness (QED) is 0.523. The Morgan fingerprint density at radius 1 is 0.926 bits per heavy atom. The standard InChI is InChI=1S/C22H25F3O2/c1-2-3-4-5-15-13-26-22(27-14-15)17-8-6-16(7-9-17)18-10-20(24)19(12-23)21(25)11-18/h6-11,15,22H,2-5,12-14H2,1H3. The van der Waals surface area contributed by atoms with Gasteiger partial charge in [-0.3, -0.25) is 0 Å². The van der Waals surface area contributed by atoms with Crippen LogP contribution in [0, 0.1) is 17.6 Å². The van der Waals surface area contributed by atoms with Gasteiger partial charge in [0.25, 0.3) is 0 Å². The molecule has 0 N–H and O–H groups in total. The Hall–Kier alpha value is -1.85. The van der Waals surface area contributed by atoms with Crippen LogP contribution < -0.4 is 0 Å². The van der Waals surface area contributed by atoms with Crippen LogP contribution in [0.3, 0.4) is 0 Å². The molecule has 2 aromatic rings. The summed E-state index contributed by atoms with van der Waals surface area (Å²) in [4.78, 5) is 0. The topological polar surface area (TPSA) is 18.5 Å². The van der Waals surface area contributed by atoms with Gasteiger partial charge >= 0.3 is 0 Å². The van der Waals surface area contributed by atoms with E-state index in [1.54, 1.807) is 12.1 Å². The van der Waals surface area contributed by atoms with Gasteiger partial charge in [-0.1, -0.05) is 50.5 Å². The Labute approximate surface area is 158 Å². The molecule has 0 amide bonds. The van der Waals surface area contributed by atoms with Gasteiger partial charge in [-0.15, -0.1) is 0 Å². The molecule has 0 spiro atoms. The Kier molecular flexibility index (Phi) is 6.91. The van der Waals surface area contributed by atoms with Crippen LogP contribution in [0.15, 0.2) is 36.4 Å². The molecule has 5 heteroatoms. The summed E-state index contributed by atoms with van der Waals surface area (Å²) in [7, 11) is 0. The molecule has 2 nitrogen and oxygen atoms in total. The van der Waals surface area contributed by atoms with Gasteiger partial charge in [0.2, 0.25) is 0 Å². The summed E-state index contributed by atoms with van der Waals surface area (Å²) in [5, 5.41) is 0. The monoisotopic (exact) mass is 378 g/mol. The predicted molar refractivity (Wildman–Crippen MR) is 98.9 cm³/mol. The largest absolute Gasteiger partial charge is 0.348 e. The average Bonchev–Trinajstić information content (AvgIpc) is 2.69. The maximum atomic E-state index is 13.8. The number of ether oxygens (including phenoxy) is 2. The number of alkyl halides is 1. The lowest BCUT2D eigenvalue weighted by Gasteiger charge is -2.29. The Bertz CT molecular complexity index is 715. The highest BCUT2D eigenvalue weighted by Gasteiger charge is 2.23. The van der Waals surface area contributed by atoms with Gasteiger partial charge in [-0.25, -0.2) is 13.2 Å². The molecule has 0 aromatic heterocycles. The third kappa shape index (κ3) is 4.90. The molecule has 1 aliphatic heterocycles. The van der Waals surface area contributed by atoms with E-state index >= 15 is 0 Å². The number of unbranched alkanes of at least 4 members (excludes halogenated alkanes) is 2. The van der Waals surface area contributed by atoms with Gasteiger partial charge in [0, 0.05) is 11.5 Å². The number of hydrogen-bond donors (Lipinski definition) is 0.